The molecule has 3 amide bonds. The summed E-state index contributed by atoms with van der Waals surface area (Å²) in [5.74, 6) is -1.81. The number of nitrogens with one attached hydrogen (secondary N) is 2. The molecule has 0 aromatic heterocycles. The molecular formula is C9H13N3O3. The summed E-state index contributed by atoms with van der Waals surface area (Å²) >= 11 is 0. The van der Waals surface area contributed by atoms with Gasteiger partial charge in [0.25, 0.3) is 11.8 Å². The molecule has 1 aliphatic carbocycles. The van der Waals surface area contributed by atoms with Crippen molar-refractivity contribution in [2.45, 2.75) is 25.3 Å². The van der Waals surface area contributed by atoms with Crippen LogP contribution in [0.3, 0.4) is 0 Å². The third-order valence-corrected chi connectivity index (χ3v) is 2.56. The molecule has 2 fully saturated rings. The van der Waals surface area contributed by atoms with Gasteiger partial charge in [0.2, 0.25) is 5.91 Å². The molecule has 6 heteroatoms. The van der Waals surface area contributed by atoms with Crippen LogP contribution in [0, 0.1) is 5.92 Å². The van der Waals surface area contributed by atoms with Crippen LogP contribution in [0.5, 0.6) is 0 Å². The molecule has 0 spiro atoms. The van der Waals surface area contributed by atoms with Gasteiger partial charge in [-0.15, -0.1) is 0 Å². The fourth-order valence-corrected chi connectivity index (χ4v) is 1.52. The predicted octanol–water partition coefficient (Wildman–Crippen LogP) is -1.23. The Hall–Kier alpha value is -1.59. The highest BCUT2D eigenvalue weighted by atomic mass is 16.2. The Labute approximate surface area is 87.0 Å². The maximum absolute atomic E-state index is 11.4. The van der Waals surface area contributed by atoms with Gasteiger partial charge >= 0.3 is 0 Å². The topological polar surface area (TPSA) is 78.5 Å². The minimum Gasteiger partial charge on any atom is -0.353 e. The van der Waals surface area contributed by atoms with E-state index in [0.29, 0.717) is 0 Å². The van der Waals surface area contributed by atoms with Crippen LogP contribution in [-0.2, 0) is 14.4 Å². The van der Waals surface area contributed by atoms with Crippen LogP contribution in [0.1, 0.15) is 19.3 Å². The molecule has 6 nitrogen and oxygen atoms in total. The van der Waals surface area contributed by atoms with Crippen LogP contribution in [0.2, 0.25) is 0 Å². The van der Waals surface area contributed by atoms with Gasteiger partial charge in [-0.2, -0.15) is 0 Å². The molecule has 1 aliphatic heterocycles. The molecule has 82 valence electrons. The number of carbonyl (C=O) groups excluding carboxylic acids is 3. The van der Waals surface area contributed by atoms with E-state index in [1.54, 1.807) is 0 Å². The molecule has 0 bridgehead atoms. The number of carbonyl (C=O) groups is 3. The Balaban J connectivity index is 1.89. The van der Waals surface area contributed by atoms with Gasteiger partial charge in [-0.1, -0.05) is 0 Å². The smallest absolute Gasteiger partial charge is 0.253 e. The Morgan fingerprint density at radius 1 is 1.53 bits per heavy atom. The SMILES string of the molecule is CN1NC(=O)C(CC(=O)NC2CC2)C1=O. The van der Waals surface area contributed by atoms with Crippen molar-refractivity contribution in [2.24, 2.45) is 5.92 Å². The quantitative estimate of drug-likeness (QED) is 0.574. The number of rotatable bonds is 3. The average molecular weight is 211 g/mol. The second-order valence-electron chi connectivity index (χ2n) is 3.97. The molecule has 0 aromatic rings. The van der Waals surface area contributed by atoms with Gasteiger partial charge in [-0.3, -0.25) is 24.8 Å². The van der Waals surface area contributed by atoms with Crippen molar-refractivity contribution < 1.29 is 14.4 Å². The lowest BCUT2D eigenvalue weighted by molar-refractivity contribution is -0.135. The van der Waals surface area contributed by atoms with E-state index in [2.05, 4.69) is 10.7 Å². The first kappa shape index (κ1) is 9.95. The lowest BCUT2D eigenvalue weighted by Gasteiger charge is -2.07. The fourth-order valence-electron chi connectivity index (χ4n) is 1.52. The zero-order chi connectivity index (χ0) is 11.0. The Kier molecular flexibility index (Phi) is 2.34. The van der Waals surface area contributed by atoms with Crippen molar-refractivity contribution in [1.82, 2.24) is 15.8 Å². The van der Waals surface area contributed by atoms with E-state index >= 15 is 0 Å². The largest absolute Gasteiger partial charge is 0.353 e. The maximum atomic E-state index is 11.4. The molecule has 2 rings (SSSR count). The molecule has 1 saturated carbocycles. The molecule has 0 radical (unpaired) electrons. The van der Waals surface area contributed by atoms with Gasteiger partial charge in [0.15, 0.2) is 0 Å². The predicted molar refractivity (Wildman–Crippen MR) is 50.2 cm³/mol. The standard InChI is InChI=1S/C9H13N3O3/c1-12-9(15)6(8(14)11-12)4-7(13)10-5-2-3-5/h5-6H,2-4H2,1H3,(H,10,13)(H,11,14). The molecular weight excluding hydrogens is 198 g/mol. The number of hydrazine groups is 1. The lowest BCUT2D eigenvalue weighted by atomic mass is 10.1. The van der Waals surface area contributed by atoms with E-state index in [1.807, 2.05) is 0 Å². The van der Waals surface area contributed by atoms with Crippen LogP contribution >= 0.6 is 0 Å². The number of hydrogen-bond donors (Lipinski definition) is 2. The zero-order valence-corrected chi connectivity index (χ0v) is 8.45. The maximum Gasteiger partial charge on any atom is 0.253 e. The minimum atomic E-state index is -0.853. The monoisotopic (exact) mass is 211 g/mol. The molecule has 15 heavy (non-hydrogen) atoms. The van der Waals surface area contributed by atoms with E-state index in [-0.39, 0.29) is 24.3 Å². The van der Waals surface area contributed by atoms with Gasteiger partial charge in [-0.05, 0) is 12.8 Å². The first-order chi connectivity index (χ1) is 7.08. The normalized spacial score (nSPS) is 25.4. The fraction of sp³-hybridized carbons (Fsp3) is 0.667. The van der Waals surface area contributed by atoms with Gasteiger partial charge < -0.3 is 5.32 Å². The Bertz CT molecular complexity index is 325. The van der Waals surface area contributed by atoms with Crippen LogP contribution in [0.25, 0.3) is 0 Å². The summed E-state index contributed by atoms with van der Waals surface area (Å²) in [6.07, 6.45) is 1.94. The molecule has 1 unspecified atom stereocenters. The number of hydrogen-bond acceptors (Lipinski definition) is 3. The first-order valence-corrected chi connectivity index (χ1v) is 4.95. The summed E-state index contributed by atoms with van der Waals surface area (Å²) in [5, 5.41) is 3.87. The van der Waals surface area contributed by atoms with Gasteiger partial charge in [0, 0.05) is 19.5 Å². The van der Waals surface area contributed by atoms with Gasteiger partial charge in [-0.25, -0.2) is 0 Å². The van der Waals surface area contributed by atoms with Crippen molar-refractivity contribution in [3.8, 4) is 0 Å². The Morgan fingerprint density at radius 3 is 2.67 bits per heavy atom. The third-order valence-electron chi connectivity index (χ3n) is 2.56. The van der Waals surface area contributed by atoms with Crippen molar-refractivity contribution in [3.63, 3.8) is 0 Å². The summed E-state index contributed by atoms with van der Waals surface area (Å²) < 4.78 is 0. The summed E-state index contributed by atoms with van der Waals surface area (Å²) in [7, 11) is 1.47. The third kappa shape index (κ3) is 2.08. The highest BCUT2D eigenvalue weighted by Gasteiger charge is 2.39. The van der Waals surface area contributed by atoms with Crippen LogP contribution in [0.4, 0.5) is 0 Å². The summed E-state index contributed by atoms with van der Waals surface area (Å²) in [4.78, 5) is 34.1. The average Bonchev–Trinajstić information content (AvgIpc) is 2.92. The van der Waals surface area contributed by atoms with Crippen molar-refractivity contribution in [2.75, 3.05) is 7.05 Å². The highest BCUT2D eigenvalue weighted by Crippen LogP contribution is 2.20. The molecule has 0 aromatic carbocycles. The van der Waals surface area contributed by atoms with Gasteiger partial charge in [0.1, 0.15) is 5.92 Å². The second kappa shape index (κ2) is 3.52. The van der Waals surface area contributed by atoms with Crippen molar-refractivity contribution in [3.05, 3.63) is 0 Å². The minimum absolute atomic E-state index is 0.0501. The first-order valence-electron chi connectivity index (χ1n) is 4.95. The Morgan fingerprint density at radius 2 is 2.20 bits per heavy atom. The molecule has 2 N–H and O–H groups in total. The summed E-state index contributed by atoms with van der Waals surface area (Å²) in [6.45, 7) is 0. The molecule has 1 saturated heterocycles. The molecule has 2 aliphatic rings. The van der Waals surface area contributed by atoms with Crippen molar-refractivity contribution >= 4 is 17.7 Å². The van der Waals surface area contributed by atoms with Gasteiger partial charge in [0.05, 0.1) is 0 Å². The van der Waals surface area contributed by atoms with E-state index in [0.717, 1.165) is 17.9 Å². The van der Waals surface area contributed by atoms with Crippen molar-refractivity contribution in [1.29, 1.82) is 0 Å². The number of nitrogens with zero attached hydrogens (tertiary/aromatic N) is 1. The van der Waals surface area contributed by atoms with E-state index in [4.69, 9.17) is 0 Å². The van der Waals surface area contributed by atoms with E-state index < -0.39 is 11.8 Å². The molecule has 1 atom stereocenters. The van der Waals surface area contributed by atoms with Crippen LogP contribution in [0.15, 0.2) is 0 Å². The van der Waals surface area contributed by atoms with E-state index in [9.17, 15) is 14.4 Å². The lowest BCUT2D eigenvalue weighted by Crippen LogP contribution is -2.31. The van der Waals surface area contributed by atoms with Crippen LogP contribution in [-0.4, -0.2) is 35.8 Å². The summed E-state index contributed by atoms with van der Waals surface area (Å²) in [5.41, 5.74) is 2.36. The van der Waals surface area contributed by atoms with E-state index in [1.165, 1.54) is 7.05 Å². The highest BCUT2D eigenvalue weighted by molar-refractivity contribution is 6.07. The second-order valence-corrected chi connectivity index (χ2v) is 3.97. The summed E-state index contributed by atoms with van der Waals surface area (Å²) in [6, 6.07) is 0.259. The molecule has 1 heterocycles. The zero-order valence-electron chi connectivity index (χ0n) is 8.45. The van der Waals surface area contributed by atoms with Crippen LogP contribution < -0.4 is 10.7 Å². The number of amides is 3.